The summed E-state index contributed by atoms with van der Waals surface area (Å²) in [5.74, 6) is -1.01. The molecule has 2 aromatic rings. The number of carbonyl (C=O) groups is 1. The monoisotopic (exact) mass is 365 g/mol. The van der Waals surface area contributed by atoms with Crippen LogP contribution in [0.3, 0.4) is 0 Å². The van der Waals surface area contributed by atoms with E-state index >= 15 is 0 Å². The smallest absolute Gasteiger partial charge is 0.283 e. The third-order valence-electron chi connectivity index (χ3n) is 3.28. The van der Waals surface area contributed by atoms with Crippen molar-refractivity contribution < 1.29 is 23.0 Å². The van der Waals surface area contributed by atoms with E-state index in [0.29, 0.717) is 17.6 Å². The standard InChI is InChI=1S/C16H13F2N3O3S/c17-9-5-6-11(10(18)7-9)19-16(25)21-20-15(22)14-8-23-12-3-1-2-4-13(12)24-14/h1-7,14H,8H2,(H,20,22)(H2,19,21,25). The lowest BCUT2D eigenvalue weighted by molar-refractivity contribution is -0.130. The van der Waals surface area contributed by atoms with Crippen molar-refractivity contribution in [3.63, 3.8) is 0 Å². The summed E-state index contributed by atoms with van der Waals surface area (Å²) in [5, 5.41) is 2.43. The highest BCUT2D eigenvalue weighted by Gasteiger charge is 2.27. The molecule has 6 nitrogen and oxygen atoms in total. The van der Waals surface area contributed by atoms with Gasteiger partial charge in [-0.05, 0) is 36.5 Å². The zero-order valence-corrected chi connectivity index (χ0v) is 13.5. The fourth-order valence-corrected chi connectivity index (χ4v) is 2.25. The minimum absolute atomic E-state index is 0.0284. The van der Waals surface area contributed by atoms with Crippen LogP contribution < -0.4 is 25.6 Å². The second-order valence-electron chi connectivity index (χ2n) is 5.06. The Balaban J connectivity index is 1.51. The third-order valence-corrected chi connectivity index (χ3v) is 3.48. The van der Waals surface area contributed by atoms with Gasteiger partial charge in [0.15, 0.2) is 16.6 Å². The number of fused-ring (bicyclic) bond motifs is 1. The van der Waals surface area contributed by atoms with Crippen LogP contribution in [0.25, 0.3) is 0 Å². The van der Waals surface area contributed by atoms with Crippen LogP contribution >= 0.6 is 12.2 Å². The fraction of sp³-hybridized carbons (Fsp3) is 0.125. The minimum Gasteiger partial charge on any atom is -0.485 e. The van der Waals surface area contributed by atoms with Crippen molar-refractivity contribution in [1.29, 1.82) is 0 Å². The number of halogens is 2. The molecule has 3 N–H and O–H groups in total. The van der Waals surface area contributed by atoms with Crippen LogP contribution in [0.1, 0.15) is 0 Å². The average Bonchev–Trinajstić information content (AvgIpc) is 2.61. The molecule has 0 saturated carbocycles. The quantitative estimate of drug-likeness (QED) is 0.559. The molecule has 25 heavy (non-hydrogen) atoms. The average molecular weight is 365 g/mol. The lowest BCUT2D eigenvalue weighted by Gasteiger charge is -2.25. The van der Waals surface area contributed by atoms with Gasteiger partial charge in [0, 0.05) is 6.07 Å². The van der Waals surface area contributed by atoms with E-state index in [1.165, 1.54) is 6.07 Å². The Labute approximate surface area is 147 Å². The predicted octanol–water partition coefficient (Wildman–Crippen LogP) is 2.12. The molecule has 0 aromatic heterocycles. The number of carbonyl (C=O) groups excluding carboxylic acids is 1. The molecule has 0 radical (unpaired) electrons. The topological polar surface area (TPSA) is 71.6 Å². The molecule has 1 amide bonds. The van der Waals surface area contributed by atoms with E-state index in [4.69, 9.17) is 21.7 Å². The number of thiocarbonyl (C=S) groups is 1. The summed E-state index contributed by atoms with van der Waals surface area (Å²) in [6, 6.07) is 9.96. The molecule has 0 fully saturated rings. The zero-order valence-electron chi connectivity index (χ0n) is 12.7. The number of rotatable bonds is 2. The Kier molecular flexibility index (Phi) is 4.94. The van der Waals surface area contributed by atoms with E-state index in [1.54, 1.807) is 24.3 Å². The minimum atomic E-state index is -0.868. The molecule has 1 atom stereocenters. The van der Waals surface area contributed by atoms with Crippen LogP contribution in [0.2, 0.25) is 0 Å². The van der Waals surface area contributed by atoms with Crippen molar-refractivity contribution in [1.82, 2.24) is 10.9 Å². The lowest BCUT2D eigenvalue weighted by Crippen LogP contribution is -2.51. The van der Waals surface area contributed by atoms with Crippen molar-refractivity contribution in [2.24, 2.45) is 0 Å². The summed E-state index contributed by atoms with van der Waals surface area (Å²) in [5.41, 5.74) is 4.73. The van der Waals surface area contributed by atoms with E-state index in [0.717, 1.165) is 6.07 Å². The van der Waals surface area contributed by atoms with Crippen LogP contribution in [0.5, 0.6) is 11.5 Å². The first-order valence-electron chi connectivity index (χ1n) is 7.23. The van der Waals surface area contributed by atoms with E-state index in [1.807, 2.05) is 0 Å². The van der Waals surface area contributed by atoms with Crippen molar-refractivity contribution in [3.05, 3.63) is 54.1 Å². The van der Waals surface area contributed by atoms with Gasteiger partial charge in [-0.1, -0.05) is 12.1 Å². The Bertz CT molecular complexity index is 819. The van der Waals surface area contributed by atoms with E-state index in [-0.39, 0.29) is 17.4 Å². The SMILES string of the molecule is O=C(NNC(=S)Nc1ccc(F)cc1F)C1COc2ccccc2O1. The first-order chi connectivity index (χ1) is 12.0. The Hall–Kier alpha value is -2.94. The first-order valence-corrected chi connectivity index (χ1v) is 7.64. The number of hydrogen-bond donors (Lipinski definition) is 3. The molecular formula is C16H13F2N3O3S. The van der Waals surface area contributed by atoms with Crippen molar-refractivity contribution in [3.8, 4) is 11.5 Å². The first kappa shape index (κ1) is 16.9. The van der Waals surface area contributed by atoms with Crippen LogP contribution in [-0.4, -0.2) is 23.7 Å². The molecule has 0 saturated heterocycles. The van der Waals surface area contributed by atoms with Gasteiger partial charge < -0.3 is 14.8 Å². The van der Waals surface area contributed by atoms with Gasteiger partial charge in [0.2, 0.25) is 6.10 Å². The van der Waals surface area contributed by atoms with Crippen LogP contribution in [0, 0.1) is 11.6 Å². The van der Waals surface area contributed by atoms with Crippen molar-refractivity contribution in [2.45, 2.75) is 6.10 Å². The summed E-state index contributed by atoms with van der Waals surface area (Å²) in [6.07, 6.45) is -0.868. The number of anilines is 1. The number of ether oxygens (including phenoxy) is 2. The molecule has 2 aromatic carbocycles. The van der Waals surface area contributed by atoms with E-state index in [2.05, 4.69) is 16.2 Å². The van der Waals surface area contributed by atoms with Gasteiger partial charge in [0.1, 0.15) is 18.2 Å². The maximum atomic E-state index is 13.5. The van der Waals surface area contributed by atoms with E-state index < -0.39 is 23.6 Å². The summed E-state index contributed by atoms with van der Waals surface area (Å²) in [4.78, 5) is 12.1. The molecule has 1 aliphatic heterocycles. The van der Waals surface area contributed by atoms with E-state index in [9.17, 15) is 13.6 Å². The van der Waals surface area contributed by atoms with Gasteiger partial charge in [0.05, 0.1) is 5.69 Å². The van der Waals surface area contributed by atoms with Crippen LogP contribution in [0.4, 0.5) is 14.5 Å². The molecule has 1 unspecified atom stereocenters. The third kappa shape index (κ3) is 4.13. The number of nitrogens with one attached hydrogen (secondary N) is 3. The Morgan fingerprint density at radius 1 is 1.12 bits per heavy atom. The lowest BCUT2D eigenvalue weighted by atomic mass is 10.2. The molecule has 0 bridgehead atoms. The van der Waals surface area contributed by atoms with Gasteiger partial charge in [-0.15, -0.1) is 0 Å². The van der Waals surface area contributed by atoms with Crippen molar-refractivity contribution in [2.75, 3.05) is 11.9 Å². The Morgan fingerprint density at radius 3 is 2.64 bits per heavy atom. The number of benzene rings is 2. The van der Waals surface area contributed by atoms with Crippen molar-refractivity contribution >= 4 is 28.9 Å². The molecule has 1 heterocycles. The van der Waals surface area contributed by atoms with Gasteiger partial charge >= 0.3 is 0 Å². The van der Waals surface area contributed by atoms with Gasteiger partial charge in [-0.3, -0.25) is 15.6 Å². The van der Waals surface area contributed by atoms with Gasteiger partial charge in [0.25, 0.3) is 5.91 Å². The normalized spacial score (nSPS) is 15.2. The zero-order chi connectivity index (χ0) is 17.8. The summed E-state index contributed by atoms with van der Waals surface area (Å²) in [7, 11) is 0. The number of hydrazine groups is 1. The molecule has 9 heteroatoms. The molecule has 0 aliphatic carbocycles. The van der Waals surface area contributed by atoms with Gasteiger partial charge in [-0.2, -0.15) is 0 Å². The summed E-state index contributed by atoms with van der Waals surface area (Å²) in [6.45, 7) is 0.0390. The summed E-state index contributed by atoms with van der Waals surface area (Å²) >= 11 is 4.94. The molecule has 1 aliphatic rings. The molecular weight excluding hydrogens is 352 g/mol. The number of amides is 1. The molecule has 3 rings (SSSR count). The largest absolute Gasteiger partial charge is 0.485 e. The summed E-state index contributed by atoms with van der Waals surface area (Å²) < 4.78 is 37.4. The fourth-order valence-electron chi connectivity index (χ4n) is 2.09. The second kappa shape index (κ2) is 7.31. The maximum Gasteiger partial charge on any atom is 0.283 e. The van der Waals surface area contributed by atoms with Crippen LogP contribution in [0.15, 0.2) is 42.5 Å². The van der Waals surface area contributed by atoms with Gasteiger partial charge in [-0.25, -0.2) is 8.78 Å². The Morgan fingerprint density at radius 2 is 1.88 bits per heavy atom. The molecule has 0 spiro atoms. The van der Waals surface area contributed by atoms with Crippen LogP contribution in [-0.2, 0) is 4.79 Å². The second-order valence-corrected chi connectivity index (χ2v) is 5.47. The number of hydrogen-bond acceptors (Lipinski definition) is 4. The predicted molar refractivity (Wildman–Crippen MR) is 90.2 cm³/mol. The highest BCUT2D eigenvalue weighted by atomic mass is 32.1. The highest BCUT2D eigenvalue weighted by Crippen LogP contribution is 2.30. The molecule has 130 valence electrons. The number of para-hydroxylation sites is 2. The highest BCUT2D eigenvalue weighted by molar-refractivity contribution is 7.80. The maximum absolute atomic E-state index is 13.5.